The molecule has 2 bridgehead atoms. The van der Waals surface area contributed by atoms with Gasteiger partial charge in [-0.05, 0) is 31.6 Å². The number of terminal acetylenes is 1. The van der Waals surface area contributed by atoms with Crippen LogP contribution in [0.5, 0.6) is 0 Å². The zero-order valence-electron chi connectivity index (χ0n) is 12.2. The molecular weight excluding hydrogens is 250 g/mol. The van der Waals surface area contributed by atoms with E-state index < -0.39 is 0 Å². The largest absolute Gasteiger partial charge is 0.340 e. The number of carbonyl (C=O) groups is 1. The van der Waals surface area contributed by atoms with Crippen LogP contribution in [0.3, 0.4) is 0 Å². The van der Waals surface area contributed by atoms with E-state index in [-0.39, 0.29) is 0 Å². The minimum Gasteiger partial charge on any atom is -0.340 e. The van der Waals surface area contributed by atoms with Crippen LogP contribution in [0.4, 0.5) is 0 Å². The van der Waals surface area contributed by atoms with Gasteiger partial charge in [0.1, 0.15) is 0 Å². The summed E-state index contributed by atoms with van der Waals surface area (Å²) in [6.07, 6.45) is 11.1. The highest BCUT2D eigenvalue weighted by Crippen LogP contribution is 2.33. The van der Waals surface area contributed by atoms with Gasteiger partial charge in [-0.15, -0.1) is 6.42 Å². The second-order valence-corrected chi connectivity index (χ2v) is 6.54. The number of nitrogens with zero attached hydrogens (tertiary/aromatic N) is 2. The molecule has 1 N–H and O–H groups in total. The molecule has 4 heteroatoms. The van der Waals surface area contributed by atoms with E-state index in [4.69, 9.17) is 6.42 Å². The van der Waals surface area contributed by atoms with Gasteiger partial charge in [-0.2, -0.15) is 0 Å². The Morgan fingerprint density at radius 3 is 2.40 bits per heavy atom. The Morgan fingerprint density at radius 1 is 1.15 bits per heavy atom. The third-order valence-corrected chi connectivity index (χ3v) is 5.07. The molecule has 3 fully saturated rings. The van der Waals surface area contributed by atoms with Gasteiger partial charge in [0, 0.05) is 44.7 Å². The van der Waals surface area contributed by atoms with Gasteiger partial charge in [-0.25, -0.2) is 0 Å². The van der Waals surface area contributed by atoms with Gasteiger partial charge in [0.15, 0.2) is 0 Å². The molecule has 20 heavy (non-hydrogen) atoms. The van der Waals surface area contributed by atoms with Gasteiger partial charge < -0.3 is 10.2 Å². The first kappa shape index (κ1) is 13.9. The maximum absolute atomic E-state index is 12.4. The Labute approximate surface area is 121 Å². The fourth-order valence-electron chi connectivity index (χ4n) is 4.00. The summed E-state index contributed by atoms with van der Waals surface area (Å²) in [5.74, 6) is 3.64. The average Bonchev–Trinajstić information content (AvgIpc) is 2.79. The van der Waals surface area contributed by atoms with Gasteiger partial charge in [-0.1, -0.05) is 5.92 Å². The molecule has 0 spiro atoms. The highest BCUT2D eigenvalue weighted by Gasteiger charge is 2.35. The summed E-state index contributed by atoms with van der Waals surface area (Å²) < 4.78 is 0. The highest BCUT2D eigenvalue weighted by molar-refractivity contribution is 5.76. The van der Waals surface area contributed by atoms with Crippen LogP contribution in [0.25, 0.3) is 0 Å². The summed E-state index contributed by atoms with van der Waals surface area (Å²) >= 11 is 0. The molecule has 4 nitrogen and oxygen atoms in total. The number of fused-ring (bicyclic) bond motifs is 2. The molecule has 3 aliphatic heterocycles. The molecule has 0 aliphatic carbocycles. The molecule has 0 radical (unpaired) electrons. The lowest BCUT2D eigenvalue weighted by Gasteiger charge is -2.35. The first-order chi connectivity index (χ1) is 9.74. The van der Waals surface area contributed by atoms with E-state index in [1.807, 2.05) is 4.90 Å². The second-order valence-electron chi connectivity index (χ2n) is 6.54. The van der Waals surface area contributed by atoms with Crippen molar-refractivity contribution in [3.05, 3.63) is 0 Å². The third kappa shape index (κ3) is 3.16. The Morgan fingerprint density at radius 2 is 1.80 bits per heavy atom. The van der Waals surface area contributed by atoms with Crippen LogP contribution in [0.15, 0.2) is 0 Å². The number of piperazine rings is 1. The minimum absolute atomic E-state index is 0.358. The third-order valence-electron chi connectivity index (χ3n) is 5.07. The average molecular weight is 275 g/mol. The number of rotatable bonds is 3. The molecule has 3 aliphatic rings. The molecule has 3 rings (SSSR count). The van der Waals surface area contributed by atoms with Crippen LogP contribution < -0.4 is 5.32 Å². The van der Waals surface area contributed by atoms with Gasteiger partial charge in [0.2, 0.25) is 5.91 Å². The molecule has 0 aromatic rings. The summed E-state index contributed by atoms with van der Waals surface area (Å²) in [7, 11) is 0. The Bertz CT molecular complexity index is 383. The fourth-order valence-corrected chi connectivity index (χ4v) is 4.00. The topological polar surface area (TPSA) is 35.6 Å². The summed E-state index contributed by atoms with van der Waals surface area (Å²) in [6.45, 7) is 4.25. The van der Waals surface area contributed by atoms with Crippen LogP contribution in [-0.2, 0) is 4.79 Å². The molecule has 0 aromatic carbocycles. The number of nitrogens with one attached hydrogen (secondary N) is 1. The van der Waals surface area contributed by atoms with Crippen LogP contribution in [-0.4, -0.2) is 60.5 Å². The Hall–Kier alpha value is -1.05. The summed E-state index contributed by atoms with van der Waals surface area (Å²) in [4.78, 5) is 16.7. The van der Waals surface area contributed by atoms with Crippen molar-refractivity contribution in [2.75, 3.05) is 32.7 Å². The van der Waals surface area contributed by atoms with Gasteiger partial charge in [0.05, 0.1) is 6.54 Å². The molecule has 3 heterocycles. The number of piperidine rings is 1. The maximum atomic E-state index is 12.4. The zero-order valence-corrected chi connectivity index (χ0v) is 12.2. The molecule has 2 atom stereocenters. The lowest BCUT2D eigenvalue weighted by atomic mass is 9.89. The molecule has 0 aromatic heterocycles. The normalized spacial score (nSPS) is 34.0. The molecule has 110 valence electrons. The van der Waals surface area contributed by atoms with Crippen molar-refractivity contribution in [2.24, 2.45) is 5.92 Å². The Balaban J connectivity index is 1.45. The van der Waals surface area contributed by atoms with Crippen molar-refractivity contribution in [1.82, 2.24) is 15.1 Å². The van der Waals surface area contributed by atoms with Crippen molar-refractivity contribution in [3.8, 4) is 12.3 Å². The van der Waals surface area contributed by atoms with E-state index in [0.717, 1.165) is 32.6 Å². The fraction of sp³-hybridized carbons (Fsp3) is 0.812. The molecule has 1 amide bonds. The van der Waals surface area contributed by atoms with E-state index in [1.54, 1.807) is 0 Å². The number of amides is 1. The van der Waals surface area contributed by atoms with E-state index in [1.165, 1.54) is 25.7 Å². The van der Waals surface area contributed by atoms with Gasteiger partial charge in [-0.3, -0.25) is 9.69 Å². The molecule has 3 saturated heterocycles. The summed E-state index contributed by atoms with van der Waals surface area (Å²) in [5.41, 5.74) is 0. The van der Waals surface area contributed by atoms with Crippen molar-refractivity contribution in [3.63, 3.8) is 0 Å². The van der Waals surface area contributed by atoms with Crippen molar-refractivity contribution in [1.29, 1.82) is 0 Å². The van der Waals surface area contributed by atoms with E-state index >= 15 is 0 Å². The van der Waals surface area contributed by atoms with Crippen LogP contribution >= 0.6 is 0 Å². The lowest BCUT2D eigenvalue weighted by Crippen LogP contribution is -2.49. The van der Waals surface area contributed by atoms with Crippen molar-refractivity contribution < 1.29 is 4.79 Å². The number of carbonyl (C=O) groups excluding carboxylic acids is 1. The van der Waals surface area contributed by atoms with E-state index in [0.29, 0.717) is 30.5 Å². The van der Waals surface area contributed by atoms with Crippen LogP contribution in [0, 0.1) is 18.3 Å². The smallest absolute Gasteiger partial charge is 0.222 e. The molecular formula is C16H25N3O. The van der Waals surface area contributed by atoms with Crippen molar-refractivity contribution in [2.45, 2.75) is 44.2 Å². The van der Waals surface area contributed by atoms with Crippen molar-refractivity contribution >= 4 is 5.91 Å². The Kier molecular flexibility index (Phi) is 4.28. The van der Waals surface area contributed by atoms with Crippen LogP contribution in [0.1, 0.15) is 32.1 Å². The first-order valence-corrected chi connectivity index (χ1v) is 7.94. The number of hydrogen-bond donors (Lipinski definition) is 1. The van der Waals surface area contributed by atoms with Gasteiger partial charge >= 0.3 is 0 Å². The van der Waals surface area contributed by atoms with Crippen LogP contribution in [0.2, 0.25) is 0 Å². The van der Waals surface area contributed by atoms with Gasteiger partial charge in [0.25, 0.3) is 0 Å². The maximum Gasteiger partial charge on any atom is 0.222 e. The predicted molar refractivity (Wildman–Crippen MR) is 79.1 cm³/mol. The molecule has 0 saturated carbocycles. The monoisotopic (exact) mass is 275 g/mol. The summed E-state index contributed by atoms with van der Waals surface area (Å²) in [6, 6.07) is 1.36. The summed E-state index contributed by atoms with van der Waals surface area (Å²) in [5, 5.41) is 3.64. The minimum atomic E-state index is 0.358. The lowest BCUT2D eigenvalue weighted by molar-refractivity contribution is -0.134. The second kappa shape index (κ2) is 6.15. The predicted octanol–water partition coefficient (Wildman–Crippen LogP) is 0.685. The van der Waals surface area contributed by atoms with E-state index in [9.17, 15) is 4.79 Å². The number of hydrogen-bond acceptors (Lipinski definition) is 3. The SMILES string of the molecule is C#CCN1CCN(C(=O)CC2CC3CCC(C2)N3)CC1. The van der Waals surface area contributed by atoms with E-state index in [2.05, 4.69) is 16.1 Å². The molecule has 2 unspecified atom stereocenters. The quantitative estimate of drug-likeness (QED) is 0.770. The standard InChI is InChI=1S/C16H25N3O/c1-2-5-18-6-8-19(9-7-18)16(20)12-13-10-14-3-4-15(11-13)17-14/h1,13-15,17H,3-12H2. The first-order valence-electron chi connectivity index (χ1n) is 7.94. The highest BCUT2D eigenvalue weighted by atomic mass is 16.2. The zero-order chi connectivity index (χ0) is 13.9.